The van der Waals surface area contributed by atoms with Crippen LogP contribution in [0.15, 0.2) is 35.9 Å². The molecule has 0 spiro atoms. The number of hydrogen-bond acceptors (Lipinski definition) is 2. The van der Waals surface area contributed by atoms with Gasteiger partial charge in [-0.1, -0.05) is 25.1 Å². The second-order valence-corrected chi connectivity index (χ2v) is 3.46. The maximum absolute atomic E-state index is 10.7. The summed E-state index contributed by atoms with van der Waals surface area (Å²) in [6.07, 6.45) is 2.11. The van der Waals surface area contributed by atoms with E-state index >= 15 is 0 Å². The third-order valence-electron chi connectivity index (χ3n) is 2.32. The number of carboxylic acids is 1. The first kappa shape index (κ1) is 12.3. The lowest BCUT2D eigenvalue weighted by molar-refractivity contribution is -0.132. The number of aryl methyl sites for hydroxylation is 1. The van der Waals surface area contributed by atoms with E-state index in [4.69, 9.17) is 9.84 Å². The van der Waals surface area contributed by atoms with Crippen LogP contribution in [0.2, 0.25) is 0 Å². The molecule has 0 amide bonds. The highest BCUT2D eigenvalue weighted by Crippen LogP contribution is 2.16. The Hall–Kier alpha value is -1.77. The zero-order valence-electron chi connectivity index (χ0n) is 9.56. The molecule has 0 aliphatic heterocycles. The molecule has 86 valence electrons. The Kier molecular flexibility index (Phi) is 4.58. The molecule has 1 aromatic carbocycles. The molecular weight excluding hydrogens is 204 g/mol. The van der Waals surface area contributed by atoms with Crippen LogP contribution < -0.4 is 4.74 Å². The van der Waals surface area contributed by atoms with Gasteiger partial charge in [0.1, 0.15) is 12.4 Å². The van der Waals surface area contributed by atoms with Gasteiger partial charge in [-0.3, -0.25) is 0 Å². The first-order chi connectivity index (χ1) is 7.65. The van der Waals surface area contributed by atoms with E-state index in [1.165, 1.54) is 0 Å². The van der Waals surface area contributed by atoms with Gasteiger partial charge in [0, 0.05) is 5.57 Å². The van der Waals surface area contributed by atoms with E-state index in [0.29, 0.717) is 18.6 Å². The number of aliphatic carboxylic acids is 1. The topological polar surface area (TPSA) is 46.5 Å². The lowest BCUT2D eigenvalue weighted by atomic mass is 10.2. The molecular formula is C13H16O3. The van der Waals surface area contributed by atoms with Crippen molar-refractivity contribution in [3.8, 4) is 5.75 Å². The number of ether oxygens (including phenoxy) is 1. The Bertz CT molecular complexity index is 394. The van der Waals surface area contributed by atoms with E-state index in [0.717, 1.165) is 11.3 Å². The molecule has 1 rings (SSSR count). The average Bonchev–Trinajstić information content (AvgIpc) is 2.26. The van der Waals surface area contributed by atoms with Crippen molar-refractivity contribution < 1.29 is 14.6 Å². The fourth-order valence-electron chi connectivity index (χ4n) is 1.33. The first-order valence-electron chi connectivity index (χ1n) is 5.26. The van der Waals surface area contributed by atoms with E-state index in [2.05, 4.69) is 0 Å². The predicted molar refractivity (Wildman–Crippen MR) is 62.7 cm³/mol. The summed E-state index contributed by atoms with van der Waals surface area (Å²) >= 11 is 0. The largest absolute Gasteiger partial charge is 0.489 e. The number of carbonyl (C=O) groups is 1. The minimum absolute atomic E-state index is 0.292. The van der Waals surface area contributed by atoms with E-state index < -0.39 is 5.97 Å². The maximum Gasteiger partial charge on any atom is 0.331 e. The van der Waals surface area contributed by atoms with Crippen LogP contribution in [0.3, 0.4) is 0 Å². The van der Waals surface area contributed by atoms with E-state index in [1.54, 1.807) is 6.08 Å². The Morgan fingerprint density at radius 1 is 1.44 bits per heavy atom. The van der Waals surface area contributed by atoms with Crippen molar-refractivity contribution in [1.29, 1.82) is 0 Å². The molecule has 0 aliphatic carbocycles. The highest BCUT2D eigenvalue weighted by Gasteiger charge is 2.03. The summed E-state index contributed by atoms with van der Waals surface area (Å²) in [6, 6.07) is 7.66. The molecule has 3 nitrogen and oxygen atoms in total. The Morgan fingerprint density at radius 3 is 2.69 bits per heavy atom. The van der Waals surface area contributed by atoms with Gasteiger partial charge >= 0.3 is 5.97 Å². The van der Waals surface area contributed by atoms with Crippen LogP contribution >= 0.6 is 0 Å². The minimum Gasteiger partial charge on any atom is -0.489 e. The Balaban J connectivity index is 2.59. The summed E-state index contributed by atoms with van der Waals surface area (Å²) < 4.78 is 5.48. The predicted octanol–water partition coefficient (Wildman–Crippen LogP) is 2.79. The normalized spacial score (nSPS) is 11.2. The summed E-state index contributed by atoms with van der Waals surface area (Å²) in [5, 5.41) is 8.80. The van der Waals surface area contributed by atoms with Crippen molar-refractivity contribution in [2.24, 2.45) is 0 Å². The molecule has 0 atom stereocenters. The minimum atomic E-state index is -0.879. The van der Waals surface area contributed by atoms with Crippen LogP contribution in [-0.2, 0) is 4.79 Å². The Morgan fingerprint density at radius 2 is 2.12 bits per heavy atom. The number of benzene rings is 1. The standard InChI is InChI=1S/C13H16O3/c1-3-11(13(14)15)8-9-16-12-7-5-4-6-10(12)2/h4-8H,3,9H2,1-2H3,(H,14,15). The number of carboxylic acid groups (broad SMARTS) is 1. The third kappa shape index (κ3) is 3.42. The lowest BCUT2D eigenvalue weighted by Gasteiger charge is -2.06. The van der Waals surface area contributed by atoms with Crippen LogP contribution in [0.25, 0.3) is 0 Å². The van der Waals surface area contributed by atoms with E-state index in [9.17, 15) is 4.79 Å². The van der Waals surface area contributed by atoms with Gasteiger partial charge in [0.25, 0.3) is 0 Å². The fourth-order valence-corrected chi connectivity index (χ4v) is 1.33. The number of para-hydroxylation sites is 1. The van der Waals surface area contributed by atoms with Crippen LogP contribution in [0.5, 0.6) is 5.75 Å². The van der Waals surface area contributed by atoms with Gasteiger partial charge < -0.3 is 9.84 Å². The SMILES string of the molecule is CCC(=CCOc1ccccc1C)C(=O)O. The molecule has 16 heavy (non-hydrogen) atoms. The molecule has 1 aromatic rings. The molecule has 1 N–H and O–H groups in total. The molecule has 0 heterocycles. The van der Waals surface area contributed by atoms with Gasteiger partial charge in [-0.2, -0.15) is 0 Å². The summed E-state index contributed by atoms with van der Waals surface area (Å²) in [5.41, 5.74) is 1.43. The molecule has 0 saturated heterocycles. The quantitative estimate of drug-likeness (QED) is 0.776. The van der Waals surface area contributed by atoms with Crippen molar-refractivity contribution >= 4 is 5.97 Å². The van der Waals surface area contributed by atoms with Crippen LogP contribution in [0.1, 0.15) is 18.9 Å². The van der Waals surface area contributed by atoms with Crippen molar-refractivity contribution in [2.75, 3.05) is 6.61 Å². The monoisotopic (exact) mass is 220 g/mol. The molecule has 0 saturated carbocycles. The highest BCUT2D eigenvalue weighted by atomic mass is 16.5. The summed E-state index contributed by atoms with van der Waals surface area (Å²) in [6.45, 7) is 4.06. The van der Waals surface area contributed by atoms with Gasteiger partial charge in [-0.15, -0.1) is 0 Å². The number of hydrogen-bond donors (Lipinski definition) is 1. The maximum atomic E-state index is 10.7. The summed E-state index contributed by atoms with van der Waals surface area (Å²) in [4.78, 5) is 10.7. The van der Waals surface area contributed by atoms with Crippen molar-refractivity contribution in [1.82, 2.24) is 0 Å². The second-order valence-electron chi connectivity index (χ2n) is 3.46. The van der Waals surface area contributed by atoms with E-state index in [1.807, 2.05) is 38.1 Å². The molecule has 0 bridgehead atoms. The van der Waals surface area contributed by atoms with Crippen LogP contribution in [0, 0.1) is 6.92 Å². The molecule has 3 heteroatoms. The van der Waals surface area contributed by atoms with Gasteiger partial charge in [-0.05, 0) is 31.1 Å². The molecule has 0 aromatic heterocycles. The zero-order valence-corrected chi connectivity index (χ0v) is 9.56. The van der Waals surface area contributed by atoms with Gasteiger partial charge in [0.2, 0.25) is 0 Å². The van der Waals surface area contributed by atoms with Gasteiger partial charge in [-0.25, -0.2) is 4.79 Å². The lowest BCUT2D eigenvalue weighted by Crippen LogP contribution is -2.03. The molecule has 0 aliphatic rings. The summed E-state index contributed by atoms with van der Waals surface area (Å²) in [7, 11) is 0. The van der Waals surface area contributed by atoms with Crippen molar-refractivity contribution in [3.63, 3.8) is 0 Å². The smallest absolute Gasteiger partial charge is 0.331 e. The first-order valence-corrected chi connectivity index (χ1v) is 5.26. The molecule has 0 unspecified atom stereocenters. The van der Waals surface area contributed by atoms with Gasteiger partial charge in [0.15, 0.2) is 0 Å². The van der Waals surface area contributed by atoms with Crippen LogP contribution in [-0.4, -0.2) is 17.7 Å². The highest BCUT2D eigenvalue weighted by molar-refractivity contribution is 5.86. The van der Waals surface area contributed by atoms with E-state index in [-0.39, 0.29) is 0 Å². The molecule has 0 fully saturated rings. The average molecular weight is 220 g/mol. The van der Waals surface area contributed by atoms with Crippen molar-refractivity contribution in [3.05, 3.63) is 41.5 Å². The Labute approximate surface area is 95.4 Å². The van der Waals surface area contributed by atoms with Crippen LogP contribution in [0.4, 0.5) is 0 Å². The van der Waals surface area contributed by atoms with Gasteiger partial charge in [0.05, 0.1) is 0 Å². The second kappa shape index (κ2) is 5.95. The van der Waals surface area contributed by atoms with Crippen molar-refractivity contribution in [2.45, 2.75) is 20.3 Å². The fraction of sp³-hybridized carbons (Fsp3) is 0.308. The third-order valence-corrected chi connectivity index (χ3v) is 2.32. The molecule has 0 radical (unpaired) electrons. The summed E-state index contributed by atoms with van der Waals surface area (Å²) in [5.74, 6) is -0.0875. The number of rotatable bonds is 5. The zero-order chi connectivity index (χ0) is 12.0.